The SMILES string of the molecule is N#CC1(B2OCCO2)Cc2ccccc2C1c1ccccn1. The van der Waals surface area contributed by atoms with Gasteiger partial charge in [0, 0.05) is 17.8 Å². The summed E-state index contributed by atoms with van der Waals surface area (Å²) in [7, 11) is -0.503. The molecule has 4 rings (SSSR count). The fourth-order valence-corrected chi connectivity index (χ4v) is 3.67. The Morgan fingerprint density at radius 2 is 1.91 bits per heavy atom. The maximum absolute atomic E-state index is 10.0. The van der Waals surface area contributed by atoms with Crippen LogP contribution in [0.5, 0.6) is 0 Å². The molecule has 2 aromatic rings. The number of benzene rings is 1. The normalized spacial score (nSPS) is 26.7. The van der Waals surface area contributed by atoms with Gasteiger partial charge in [-0.15, -0.1) is 0 Å². The van der Waals surface area contributed by atoms with Crippen molar-refractivity contribution in [1.82, 2.24) is 4.98 Å². The molecule has 0 saturated carbocycles. The highest BCUT2D eigenvalue weighted by molar-refractivity contribution is 6.51. The van der Waals surface area contributed by atoms with Crippen LogP contribution in [0.25, 0.3) is 0 Å². The molecular weight excluding hydrogens is 275 g/mol. The van der Waals surface area contributed by atoms with Crippen molar-refractivity contribution in [2.75, 3.05) is 13.2 Å². The van der Waals surface area contributed by atoms with E-state index in [2.05, 4.69) is 23.2 Å². The summed E-state index contributed by atoms with van der Waals surface area (Å²) in [5.74, 6) is -0.127. The Morgan fingerprint density at radius 1 is 1.14 bits per heavy atom. The Labute approximate surface area is 129 Å². The van der Waals surface area contributed by atoms with E-state index in [1.165, 1.54) is 5.56 Å². The summed E-state index contributed by atoms with van der Waals surface area (Å²) < 4.78 is 11.5. The maximum Gasteiger partial charge on any atom is 0.480 e. The monoisotopic (exact) mass is 290 g/mol. The minimum atomic E-state index is -0.755. The van der Waals surface area contributed by atoms with Crippen LogP contribution in [-0.2, 0) is 15.7 Å². The van der Waals surface area contributed by atoms with Crippen molar-refractivity contribution in [3.8, 4) is 6.07 Å². The van der Waals surface area contributed by atoms with Crippen LogP contribution in [0.3, 0.4) is 0 Å². The van der Waals surface area contributed by atoms with Crippen molar-refractivity contribution in [2.24, 2.45) is 0 Å². The van der Waals surface area contributed by atoms with Gasteiger partial charge in [0.15, 0.2) is 0 Å². The highest BCUT2D eigenvalue weighted by atomic mass is 16.6. The lowest BCUT2D eigenvalue weighted by molar-refractivity contribution is 0.330. The van der Waals surface area contributed by atoms with E-state index in [1.54, 1.807) is 6.20 Å². The van der Waals surface area contributed by atoms with Crippen LogP contribution in [0.2, 0.25) is 5.31 Å². The molecular formula is C17H15BN2O2. The van der Waals surface area contributed by atoms with Crippen LogP contribution < -0.4 is 0 Å². The standard InChI is InChI=1S/C17H15BN2O2/c19-12-17(18-21-9-10-22-18)11-13-5-1-2-6-14(13)16(17)15-7-3-4-8-20-15/h1-8,16H,9-11H2. The lowest BCUT2D eigenvalue weighted by Gasteiger charge is -2.29. The third-order valence-corrected chi connectivity index (χ3v) is 4.60. The highest BCUT2D eigenvalue weighted by Crippen LogP contribution is 2.57. The molecule has 1 aliphatic carbocycles. The van der Waals surface area contributed by atoms with Crippen molar-refractivity contribution in [3.05, 3.63) is 65.5 Å². The largest absolute Gasteiger partial charge is 0.480 e. The summed E-state index contributed by atoms with van der Waals surface area (Å²) in [6.45, 7) is 1.08. The number of nitriles is 1. The Morgan fingerprint density at radius 3 is 2.64 bits per heavy atom. The van der Waals surface area contributed by atoms with E-state index in [-0.39, 0.29) is 5.92 Å². The van der Waals surface area contributed by atoms with E-state index < -0.39 is 12.4 Å². The van der Waals surface area contributed by atoms with Gasteiger partial charge in [-0.3, -0.25) is 4.98 Å². The van der Waals surface area contributed by atoms with Crippen LogP contribution in [0, 0.1) is 11.3 Å². The summed E-state index contributed by atoms with van der Waals surface area (Å²) in [4.78, 5) is 4.51. The summed E-state index contributed by atoms with van der Waals surface area (Å²) in [6.07, 6.45) is 2.40. The van der Waals surface area contributed by atoms with Gasteiger partial charge in [0.1, 0.15) is 5.31 Å². The zero-order chi connectivity index (χ0) is 15.0. The molecule has 1 saturated heterocycles. The van der Waals surface area contributed by atoms with Crippen LogP contribution in [0.1, 0.15) is 22.7 Å². The van der Waals surface area contributed by atoms with E-state index in [9.17, 15) is 5.26 Å². The van der Waals surface area contributed by atoms with Gasteiger partial charge in [0.25, 0.3) is 0 Å². The molecule has 1 fully saturated rings. The van der Waals surface area contributed by atoms with Gasteiger partial charge in [-0.05, 0) is 29.7 Å². The van der Waals surface area contributed by atoms with Gasteiger partial charge >= 0.3 is 7.12 Å². The second-order valence-corrected chi connectivity index (χ2v) is 5.79. The van der Waals surface area contributed by atoms with E-state index in [0.717, 1.165) is 11.3 Å². The quantitative estimate of drug-likeness (QED) is 0.798. The first-order chi connectivity index (χ1) is 10.8. The maximum atomic E-state index is 10.0. The second-order valence-electron chi connectivity index (χ2n) is 5.79. The first kappa shape index (κ1) is 13.5. The number of hydrogen-bond donors (Lipinski definition) is 0. The molecule has 108 valence electrons. The Kier molecular flexibility index (Phi) is 3.22. The van der Waals surface area contributed by atoms with Crippen LogP contribution in [-0.4, -0.2) is 25.3 Å². The van der Waals surface area contributed by atoms with Crippen LogP contribution in [0.4, 0.5) is 0 Å². The summed E-state index contributed by atoms with van der Waals surface area (Å²) in [5.41, 5.74) is 3.23. The zero-order valence-electron chi connectivity index (χ0n) is 12.1. The molecule has 1 aromatic carbocycles. The van der Waals surface area contributed by atoms with Crippen molar-refractivity contribution in [3.63, 3.8) is 0 Å². The number of hydrogen-bond acceptors (Lipinski definition) is 4. The molecule has 2 atom stereocenters. The van der Waals surface area contributed by atoms with E-state index in [1.807, 2.05) is 30.3 Å². The molecule has 5 heteroatoms. The highest BCUT2D eigenvalue weighted by Gasteiger charge is 2.59. The number of nitrogens with zero attached hydrogens (tertiary/aromatic N) is 2. The lowest BCUT2D eigenvalue weighted by Crippen LogP contribution is -2.37. The molecule has 22 heavy (non-hydrogen) atoms. The Hall–Kier alpha value is -2.16. The smallest absolute Gasteiger partial charge is 0.408 e. The van der Waals surface area contributed by atoms with Gasteiger partial charge in [0.2, 0.25) is 0 Å². The van der Waals surface area contributed by atoms with Crippen LogP contribution >= 0.6 is 0 Å². The van der Waals surface area contributed by atoms with Crippen LogP contribution in [0.15, 0.2) is 48.7 Å². The molecule has 1 aromatic heterocycles. The molecule has 4 nitrogen and oxygen atoms in total. The molecule has 0 N–H and O–H groups in total. The summed E-state index contributed by atoms with van der Waals surface area (Å²) >= 11 is 0. The van der Waals surface area contributed by atoms with Gasteiger partial charge in [-0.1, -0.05) is 30.3 Å². The van der Waals surface area contributed by atoms with Gasteiger partial charge < -0.3 is 9.31 Å². The van der Waals surface area contributed by atoms with Crippen molar-refractivity contribution in [1.29, 1.82) is 5.26 Å². The molecule has 0 bridgehead atoms. The first-order valence-corrected chi connectivity index (χ1v) is 7.48. The molecule has 2 aliphatic rings. The lowest BCUT2D eigenvalue weighted by atomic mass is 9.51. The fraction of sp³-hybridized carbons (Fsp3) is 0.294. The van der Waals surface area contributed by atoms with E-state index in [4.69, 9.17) is 9.31 Å². The summed E-state index contributed by atoms with van der Waals surface area (Å²) in [5, 5.41) is 9.29. The Bertz CT molecular complexity index is 725. The zero-order valence-corrected chi connectivity index (χ0v) is 12.1. The minimum Gasteiger partial charge on any atom is -0.408 e. The predicted octanol–water partition coefficient (Wildman–Crippen LogP) is 2.57. The topological polar surface area (TPSA) is 55.1 Å². The number of aromatic nitrogens is 1. The number of rotatable bonds is 2. The average molecular weight is 290 g/mol. The van der Waals surface area contributed by atoms with Gasteiger partial charge in [0.05, 0.1) is 19.3 Å². The van der Waals surface area contributed by atoms with Crippen molar-refractivity contribution < 1.29 is 9.31 Å². The molecule has 0 spiro atoms. The first-order valence-electron chi connectivity index (χ1n) is 7.48. The Balaban J connectivity index is 1.89. The molecule has 0 radical (unpaired) electrons. The second kappa shape index (κ2) is 5.24. The summed E-state index contributed by atoms with van der Waals surface area (Å²) in [6, 6.07) is 16.5. The molecule has 1 aliphatic heterocycles. The predicted molar refractivity (Wildman–Crippen MR) is 82.2 cm³/mol. The fourth-order valence-electron chi connectivity index (χ4n) is 3.67. The number of pyridine rings is 1. The van der Waals surface area contributed by atoms with Gasteiger partial charge in [-0.2, -0.15) is 5.26 Å². The number of fused-ring (bicyclic) bond motifs is 1. The molecule has 0 amide bonds. The average Bonchev–Trinajstić information content (AvgIpc) is 3.21. The minimum absolute atomic E-state index is 0.127. The van der Waals surface area contributed by atoms with Gasteiger partial charge in [-0.25, -0.2) is 0 Å². The third-order valence-electron chi connectivity index (χ3n) is 4.60. The molecule has 2 unspecified atom stereocenters. The third kappa shape index (κ3) is 1.88. The van der Waals surface area contributed by atoms with E-state index in [0.29, 0.717) is 19.6 Å². The van der Waals surface area contributed by atoms with Crippen molar-refractivity contribution in [2.45, 2.75) is 17.7 Å². The van der Waals surface area contributed by atoms with Crippen molar-refractivity contribution >= 4 is 7.12 Å². The molecule has 2 heterocycles. The van der Waals surface area contributed by atoms with E-state index >= 15 is 0 Å².